The predicted octanol–water partition coefficient (Wildman–Crippen LogP) is 5.47. The zero-order valence-electron chi connectivity index (χ0n) is 20.7. The molecule has 0 heterocycles. The molecule has 0 radical (unpaired) electrons. The van der Waals surface area contributed by atoms with Crippen molar-refractivity contribution >= 4 is 49.4 Å². The van der Waals surface area contributed by atoms with Crippen LogP contribution in [0.5, 0.6) is 17.2 Å². The molecule has 0 unspecified atom stereocenters. The van der Waals surface area contributed by atoms with E-state index in [1.54, 1.807) is 31.2 Å². The summed E-state index contributed by atoms with van der Waals surface area (Å²) in [6.07, 6.45) is 1.31. The number of non-ortho nitro benzene ring substituents is 1. The largest absolute Gasteiger partial charge is 0.494 e. The Morgan fingerprint density at radius 2 is 1.79 bits per heavy atom. The van der Waals surface area contributed by atoms with E-state index in [0.29, 0.717) is 23.6 Å². The fourth-order valence-electron chi connectivity index (χ4n) is 3.25. The number of nitriles is 1. The molecular formula is C26H22BrN3O8S. The summed E-state index contributed by atoms with van der Waals surface area (Å²) in [6.45, 7) is 4.11. The van der Waals surface area contributed by atoms with E-state index >= 15 is 0 Å². The zero-order valence-corrected chi connectivity index (χ0v) is 23.1. The van der Waals surface area contributed by atoms with Crippen LogP contribution in [0.25, 0.3) is 6.08 Å². The van der Waals surface area contributed by atoms with Gasteiger partial charge in [0.15, 0.2) is 11.5 Å². The molecule has 0 saturated heterocycles. The maximum Gasteiger partial charge on any atom is 0.339 e. The van der Waals surface area contributed by atoms with Crippen molar-refractivity contribution in [3.8, 4) is 23.3 Å². The first-order valence-electron chi connectivity index (χ1n) is 11.4. The predicted molar refractivity (Wildman–Crippen MR) is 146 cm³/mol. The number of benzene rings is 3. The molecule has 0 atom stereocenters. The van der Waals surface area contributed by atoms with Crippen LogP contribution in [0.2, 0.25) is 0 Å². The van der Waals surface area contributed by atoms with Gasteiger partial charge in [0.25, 0.3) is 11.6 Å². The molecule has 39 heavy (non-hydrogen) atoms. The van der Waals surface area contributed by atoms with Gasteiger partial charge in [-0.15, -0.1) is 0 Å². The Kier molecular flexibility index (Phi) is 9.64. The highest BCUT2D eigenvalue weighted by molar-refractivity contribution is 9.10. The second kappa shape index (κ2) is 12.9. The highest BCUT2D eigenvalue weighted by atomic mass is 79.9. The highest BCUT2D eigenvalue weighted by Gasteiger charge is 2.23. The van der Waals surface area contributed by atoms with Crippen molar-refractivity contribution in [2.45, 2.75) is 18.7 Å². The van der Waals surface area contributed by atoms with E-state index in [-0.39, 0.29) is 38.7 Å². The topological polar surface area (TPSA) is 158 Å². The molecule has 0 fully saturated rings. The van der Waals surface area contributed by atoms with Crippen molar-refractivity contribution in [2.24, 2.45) is 0 Å². The van der Waals surface area contributed by atoms with Gasteiger partial charge in [-0.3, -0.25) is 14.9 Å². The van der Waals surface area contributed by atoms with E-state index in [1.807, 2.05) is 13.0 Å². The second-order valence-corrected chi connectivity index (χ2v) is 10.0. The lowest BCUT2D eigenvalue weighted by Gasteiger charge is -2.14. The molecule has 0 saturated carbocycles. The second-order valence-electron chi connectivity index (χ2n) is 7.64. The molecule has 0 spiro atoms. The molecule has 202 valence electrons. The van der Waals surface area contributed by atoms with Gasteiger partial charge in [0.1, 0.15) is 22.3 Å². The van der Waals surface area contributed by atoms with Crippen molar-refractivity contribution in [3.63, 3.8) is 0 Å². The number of rotatable bonds is 11. The van der Waals surface area contributed by atoms with Crippen LogP contribution in [0, 0.1) is 21.4 Å². The molecule has 3 aromatic rings. The third-order valence-electron chi connectivity index (χ3n) is 4.94. The Morgan fingerprint density at radius 3 is 2.41 bits per heavy atom. The molecule has 0 bridgehead atoms. The average molecular weight is 616 g/mol. The van der Waals surface area contributed by atoms with Crippen LogP contribution < -0.4 is 19.0 Å². The third-order valence-corrected chi connectivity index (χ3v) is 6.76. The summed E-state index contributed by atoms with van der Waals surface area (Å²) >= 11 is 3.26. The minimum absolute atomic E-state index is 0.0192. The van der Waals surface area contributed by atoms with E-state index in [0.717, 1.165) is 24.3 Å². The SMILES string of the molecule is CCOc1cccc(NC(=O)/C(C#N)=C/c2cc(Br)c(OS(=O)(=O)c3ccc([N+](=O)[O-])cc3)c(OCC)c2)c1. The molecule has 0 aromatic heterocycles. The van der Waals surface area contributed by atoms with Gasteiger partial charge in [-0.2, -0.15) is 13.7 Å². The molecule has 13 heteroatoms. The summed E-state index contributed by atoms with van der Waals surface area (Å²) in [5, 5.41) is 23.1. The number of nitro groups is 1. The Morgan fingerprint density at radius 1 is 1.10 bits per heavy atom. The number of carbonyl (C=O) groups is 1. The van der Waals surface area contributed by atoms with Crippen molar-refractivity contribution in [1.82, 2.24) is 0 Å². The highest BCUT2D eigenvalue weighted by Crippen LogP contribution is 2.39. The van der Waals surface area contributed by atoms with Crippen LogP contribution in [0.1, 0.15) is 19.4 Å². The van der Waals surface area contributed by atoms with Crippen molar-refractivity contribution in [1.29, 1.82) is 5.26 Å². The number of nitro benzene ring substituents is 1. The van der Waals surface area contributed by atoms with Gasteiger partial charge in [0.2, 0.25) is 0 Å². The van der Waals surface area contributed by atoms with E-state index in [4.69, 9.17) is 13.7 Å². The Balaban J connectivity index is 1.91. The minimum Gasteiger partial charge on any atom is -0.494 e. The maximum atomic E-state index is 12.8. The summed E-state index contributed by atoms with van der Waals surface area (Å²) in [6, 6.07) is 15.6. The van der Waals surface area contributed by atoms with Crippen LogP contribution in [0.15, 0.2) is 75.6 Å². The normalized spacial score (nSPS) is 11.3. The first-order chi connectivity index (χ1) is 18.6. The number of nitrogens with zero attached hydrogens (tertiary/aromatic N) is 2. The lowest BCUT2D eigenvalue weighted by atomic mass is 10.1. The molecule has 0 aliphatic carbocycles. The number of halogens is 1. The third kappa shape index (κ3) is 7.56. The molecule has 3 rings (SSSR count). The zero-order chi connectivity index (χ0) is 28.6. The molecule has 0 aliphatic rings. The van der Waals surface area contributed by atoms with Gasteiger partial charge in [-0.05, 0) is 77.8 Å². The minimum atomic E-state index is -4.39. The quantitative estimate of drug-likeness (QED) is 0.0970. The lowest BCUT2D eigenvalue weighted by Crippen LogP contribution is -2.13. The molecular weight excluding hydrogens is 594 g/mol. The number of amides is 1. The summed E-state index contributed by atoms with van der Waals surface area (Å²) in [5.41, 5.74) is 0.280. The Bertz CT molecular complexity index is 1570. The smallest absolute Gasteiger partial charge is 0.339 e. The van der Waals surface area contributed by atoms with Crippen LogP contribution >= 0.6 is 15.9 Å². The van der Waals surface area contributed by atoms with Gasteiger partial charge in [0, 0.05) is 23.9 Å². The van der Waals surface area contributed by atoms with E-state index in [1.165, 1.54) is 18.2 Å². The molecule has 0 aliphatic heterocycles. The fourth-order valence-corrected chi connectivity index (χ4v) is 4.86. The standard InChI is InChI=1S/C26H22BrN3O8S/c1-3-36-21-7-5-6-19(15-21)29-26(31)18(16-28)12-17-13-23(27)25(24(14-17)37-4-2)38-39(34,35)22-10-8-20(9-11-22)30(32)33/h5-15H,3-4H2,1-2H3,(H,29,31)/b18-12+. The van der Waals surface area contributed by atoms with Crippen LogP contribution in [-0.4, -0.2) is 32.5 Å². The van der Waals surface area contributed by atoms with Gasteiger partial charge in [-0.25, -0.2) is 0 Å². The Hall–Kier alpha value is -4.41. The molecule has 3 aromatic carbocycles. The van der Waals surface area contributed by atoms with Gasteiger partial charge in [-0.1, -0.05) is 6.07 Å². The van der Waals surface area contributed by atoms with Crippen LogP contribution in [-0.2, 0) is 14.9 Å². The summed E-state index contributed by atoms with van der Waals surface area (Å²) in [7, 11) is -4.39. The number of ether oxygens (including phenoxy) is 2. The van der Waals surface area contributed by atoms with Crippen molar-refractivity contribution in [3.05, 3.63) is 86.4 Å². The van der Waals surface area contributed by atoms with Crippen LogP contribution in [0.3, 0.4) is 0 Å². The van der Waals surface area contributed by atoms with Crippen LogP contribution in [0.4, 0.5) is 11.4 Å². The van der Waals surface area contributed by atoms with E-state index < -0.39 is 20.9 Å². The monoisotopic (exact) mass is 615 g/mol. The summed E-state index contributed by atoms with van der Waals surface area (Å²) < 4.78 is 42.1. The lowest BCUT2D eigenvalue weighted by molar-refractivity contribution is -0.384. The average Bonchev–Trinajstić information content (AvgIpc) is 2.89. The molecule has 11 nitrogen and oxygen atoms in total. The molecule has 1 amide bonds. The number of nitrogens with one attached hydrogen (secondary N) is 1. The van der Waals surface area contributed by atoms with Crippen molar-refractivity contribution in [2.75, 3.05) is 18.5 Å². The Labute approximate surface area is 233 Å². The summed E-state index contributed by atoms with van der Waals surface area (Å²) in [4.78, 5) is 22.7. The number of hydrogen-bond acceptors (Lipinski definition) is 9. The van der Waals surface area contributed by atoms with E-state index in [9.17, 15) is 28.6 Å². The van der Waals surface area contributed by atoms with E-state index in [2.05, 4.69) is 21.2 Å². The maximum absolute atomic E-state index is 12.8. The van der Waals surface area contributed by atoms with Gasteiger partial charge in [0.05, 0.1) is 22.6 Å². The number of hydrogen-bond donors (Lipinski definition) is 1. The van der Waals surface area contributed by atoms with Gasteiger partial charge < -0.3 is 19.0 Å². The first-order valence-corrected chi connectivity index (χ1v) is 13.6. The number of anilines is 1. The first kappa shape index (κ1) is 29.2. The number of carbonyl (C=O) groups excluding carboxylic acids is 1. The summed E-state index contributed by atoms with van der Waals surface area (Å²) in [5.74, 6) is -0.266. The molecule has 1 N–H and O–H groups in total. The van der Waals surface area contributed by atoms with Gasteiger partial charge >= 0.3 is 10.1 Å². The van der Waals surface area contributed by atoms with Crippen molar-refractivity contribution < 1.29 is 31.8 Å². The fraction of sp³-hybridized carbons (Fsp3) is 0.154.